The van der Waals surface area contributed by atoms with E-state index in [0.717, 1.165) is 5.57 Å². The van der Waals surface area contributed by atoms with Gasteiger partial charge in [0.25, 0.3) is 0 Å². The molecular weight excluding hydrogens is 290 g/mol. The molecule has 0 amide bonds. The van der Waals surface area contributed by atoms with Crippen molar-refractivity contribution in [2.24, 2.45) is 17.8 Å². The first-order chi connectivity index (χ1) is 10.2. The van der Waals surface area contributed by atoms with Crippen LogP contribution in [-0.2, 0) is 14.4 Å². The zero-order chi connectivity index (χ0) is 16.9. The minimum absolute atomic E-state index is 0.206. The van der Waals surface area contributed by atoms with Gasteiger partial charge in [-0.2, -0.15) is 0 Å². The first-order valence-corrected chi connectivity index (χ1v) is 6.99. The molecule has 0 spiro atoms. The molecule has 0 unspecified atom stereocenters. The van der Waals surface area contributed by atoms with Crippen LogP contribution in [-0.4, -0.2) is 45.8 Å². The van der Waals surface area contributed by atoms with E-state index in [1.165, 1.54) is 6.08 Å². The van der Waals surface area contributed by atoms with E-state index in [2.05, 4.69) is 5.32 Å². The zero-order valence-electron chi connectivity index (χ0n) is 12.5. The van der Waals surface area contributed by atoms with Crippen LogP contribution in [0, 0.1) is 17.8 Å². The fraction of sp³-hybridized carbons (Fsp3) is 0.533. The number of allylic oxidation sites excluding steroid dienone is 2. The first kappa shape index (κ1) is 17.9. The van der Waals surface area contributed by atoms with Crippen molar-refractivity contribution in [2.45, 2.75) is 26.3 Å². The highest BCUT2D eigenvalue weighted by Crippen LogP contribution is 2.31. The Morgan fingerprint density at radius 3 is 2.41 bits per heavy atom. The minimum atomic E-state index is -1.06. The Kier molecular flexibility index (Phi) is 6.30. The normalized spacial score (nSPS) is 27.0. The van der Waals surface area contributed by atoms with Gasteiger partial charge in [-0.15, -0.1) is 0 Å². The SMILES string of the molecule is C/C(=C/C=C/[C@@H](C)C(=O)O)[C@@H]1CN[C@@H](C(=O)O)[C@@H]1CC(=O)O. The molecule has 1 aliphatic heterocycles. The van der Waals surface area contributed by atoms with E-state index < -0.39 is 35.8 Å². The molecule has 4 atom stereocenters. The molecule has 122 valence electrons. The Hall–Kier alpha value is -2.15. The Balaban J connectivity index is 2.85. The monoisotopic (exact) mass is 311 g/mol. The summed E-state index contributed by atoms with van der Waals surface area (Å²) in [6.45, 7) is 3.73. The third-order valence-corrected chi connectivity index (χ3v) is 3.91. The Labute approximate surface area is 128 Å². The van der Waals surface area contributed by atoms with Gasteiger partial charge in [0.2, 0.25) is 0 Å². The second-order valence-electron chi connectivity index (χ2n) is 5.51. The number of nitrogens with one attached hydrogen (secondary N) is 1. The molecule has 22 heavy (non-hydrogen) atoms. The summed E-state index contributed by atoms with van der Waals surface area (Å²) in [4.78, 5) is 32.8. The number of rotatable bonds is 7. The van der Waals surface area contributed by atoms with Crippen LogP contribution in [0.5, 0.6) is 0 Å². The molecular formula is C15H21NO6. The van der Waals surface area contributed by atoms with Crippen LogP contribution in [0.4, 0.5) is 0 Å². The fourth-order valence-electron chi connectivity index (χ4n) is 2.60. The molecule has 7 heteroatoms. The Morgan fingerprint density at radius 1 is 1.27 bits per heavy atom. The summed E-state index contributed by atoms with van der Waals surface area (Å²) < 4.78 is 0. The van der Waals surface area contributed by atoms with Gasteiger partial charge in [-0.25, -0.2) is 0 Å². The molecule has 0 aromatic heterocycles. The van der Waals surface area contributed by atoms with Gasteiger partial charge in [-0.05, 0) is 19.8 Å². The third kappa shape index (κ3) is 4.70. The van der Waals surface area contributed by atoms with Crippen molar-refractivity contribution < 1.29 is 29.7 Å². The van der Waals surface area contributed by atoms with E-state index >= 15 is 0 Å². The van der Waals surface area contributed by atoms with E-state index in [-0.39, 0.29) is 12.3 Å². The molecule has 0 bridgehead atoms. The van der Waals surface area contributed by atoms with Gasteiger partial charge in [-0.1, -0.05) is 23.8 Å². The van der Waals surface area contributed by atoms with Crippen molar-refractivity contribution in [1.82, 2.24) is 5.32 Å². The lowest BCUT2D eigenvalue weighted by atomic mass is 9.83. The molecule has 1 aliphatic rings. The minimum Gasteiger partial charge on any atom is -0.481 e. The van der Waals surface area contributed by atoms with Crippen molar-refractivity contribution in [3.8, 4) is 0 Å². The fourth-order valence-corrected chi connectivity index (χ4v) is 2.60. The smallest absolute Gasteiger partial charge is 0.321 e. The van der Waals surface area contributed by atoms with Gasteiger partial charge in [0.1, 0.15) is 6.04 Å². The molecule has 7 nitrogen and oxygen atoms in total. The summed E-state index contributed by atoms with van der Waals surface area (Å²) in [5.41, 5.74) is 0.830. The third-order valence-electron chi connectivity index (χ3n) is 3.91. The lowest BCUT2D eigenvalue weighted by Crippen LogP contribution is -2.36. The van der Waals surface area contributed by atoms with Crippen LogP contribution in [0.3, 0.4) is 0 Å². The molecule has 4 N–H and O–H groups in total. The maximum atomic E-state index is 11.2. The number of carboxylic acids is 3. The summed E-state index contributed by atoms with van der Waals surface area (Å²) in [6.07, 6.45) is 4.62. The van der Waals surface area contributed by atoms with E-state index in [4.69, 9.17) is 15.3 Å². The van der Waals surface area contributed by atoms with E-state index in [1.807, 2.05) is 0 Å². The van der Waals surface area contributed by atoms with Crippen LogP contribution in [0.15, 0.2) is 23.8 Å². The highest BCUT2D eigenvalue weighted by atomic mass is 16.4. The number of hydrogen-bond acceptors (Lipinski definition) is 4. The summed E-state index contributed by atoms with van der Waals surface area (Å²) in [5, 5.41) is 29.7. The topological polar surface area (TPSA) is 124 Å². The van der Waals surface area contributed by atoms with Gasteiger partial charge in [0, 0.05) is 12.5 Å². The van der Waals surface area contributed by atoms with Crippen molar-refractivity contribution in [3.05, 3.63) is 23.8 Å². The summed E-state index contributed by atoms with van der Waals surface area (Å²) in [5.74, 6) is -4.38. The maximum absolute atomic E-state index is 11.2. The van der Waals surface area contributed by atoms with Gasteiger partial charge in [0.05, 0.1) is 12.3 Å². The lowest BCUT2D eigenvalue weighted by Gasteiger charge is -2.20. The molecule has 0 radical (unpaired) electrons. The maximum Gasteiger partial charge on any atom is 0.321 e. The number of carboxylic acid groups (broad SMARTS) is 3. The van der Waals surface area contributed by atoms with E-state index in [0.29, 0.717) is 6.54 Å². The number of carbonyl (C=O) groups is 3. The average Bonchev–Trinajstić information content (AvgIpc) is 2.81. The van der Waals surface area contributed by atoms with Crippen LogP contribution in [0.2, 0.25) is 0 Å². The lowest BCUT2D eigenvalue weighted by molar-refractivity contribution is -0.142. The van der Waals surface area contributed by atoms with Crippen LogP contribution in [0.25, 0.3) is 0 Å². The summed E-state index contributed by atoms with van der Waals surface area (Å²) >= 11 is 0. The van der Waals surface area contributed by atoms with Crippen LogP contribution in [0.1, 0.15) is 20.3 Å². The Bertz CT molecular complexity index is 510. The number of hydrogen-bond donors (Lipinski definition) is 4. The summed E-state index contributed by atoms with van der Waals surface area (Å²) in [6, 6.07) is -0.883. The van der Waals surface area contributed by atoms with Gasteiger partial charge in [-0.3, -0.25) is 14.4 Å². The van der Waals surface area contributed by atoms with Crippen molar-refractivity contribution >= 4 is 17.9 Å². The first-order valence-electron chi connectivity index (χ1n) is 6.99. The average molecular weight is 311 g/mol. The van der Waals surface area contributed by atoms with Crippen molar-refractivity contribution in [2.75, 3.05) is 6.54 Å². The highest BCUT2D eigenvalue weighted by Gasteiger charge is 2.41. The molecule has 0 aromatic carbocycles. The molecule has 0 aliphatic carbocycles. The van der Waals surface area contributed by atoms with Crippen LogP contribution >= 0.6 is 0 Å². The predicted molar refractivity (Wildman–Crippen MR) is 78.4 cm³/mol. The second kappa shape index (κ2) is 7.74. The molecule has 1 heterocycles. The standard InChI is InChI=1S/C15H21NO6/c1-8(4-3-5-9(2)14(19)20)11-7-16-13(15(21)22)10(11)6-12(17)18/h3-5,9-11,13,16H,6-7H2,1-2H3,(H,17,18)(H,19,20)(H,21,22)/b5-3+,8-4-/t9-,10-,11+,13-/m1/s1. The molecule has 0 saturated carbocycles. The number of aliphatic carboxylic acids is 3. The van der Waals surface area contributed by atoms with Crippen LogP contribution < -0.4 is 5.32 Å². The molecule has 0 aromatic rings. The predicted octanol–water partition coefficient (Wildman–Crippen LogP) is 0.973. The van der Waals surface area contributed by atoms with Gasteiger partial charge in [0.15, 0.2) is 0 Å². The Morgan fingerprint density at radius 2 is 1.91 bits per heavy atom. The van der Waals surface area contributed by atoms with Gasteiger partial charge < -0.3 is 20.6 Å². The van der Waals surface area contributed by atoms with Crippen molar-refractivity contribution in [1.29, 1.82) is 0 Å². The second-order valence-corrected chi connectivity index (χ2v) is 5.51. The quantitative estimate of drug-likeness (QED) is 0.516. The van der Waals surface area contributed by atoms with E-state index in [9.17, 15) is 14.4 Å². The molecule has 1 saturated heterocycles. The van der Waals surface area contributed by atoms with Crippen molar-refractivity contribution in [3.63, 3.8) is 0 Å². The van der Waals surface area contributed by atoms with Gasteiger partial charge >= 0.3 is 17.9 Å². The zero-order valence-corrected chi connectivity index (χ0v) is 12.5. The highest BCUT2D eigenvalue weighted by molar-refractivity contribution is 5.76. The van der Waals surface area contributed by atoms with E-state index in [1.54, 1.807) is 26.0 Å². The summed E-state index contributed by atoms with van der Waals surface area (Å²) in [7, 11) is 0. The molecule has 1 rings (SSSR count). The molecule has 1 fully saturated rings. The largest absolute Gasteiger partial charge is 0.481 e.